The molecule has 0 unspecified atom stereocenters. The highest BCUT2D eigenvalue weighted by atomic mass is 32.1. The van der Waals surface area contributed by atoms with E-state index in [1.54, 1.807) is 31.4 Å². The Kier molecular flexibility index (Phi) is 4.39. The van der Waals surface area contributed by atoms with Crippen molar-refractivity contribution in [3.05, 3.63) is 70.2 Å². The molecule has 0 aliphatic heterocycles. The number of anilines is 1. The number of thiophene rings is 1. The molecule has 132 valence electrons. The minimum atomic E-state index is -0.195. The summed E-state index contributed by atoms with van der Waals surface area (Å²) >= 11 is 1.72. The number of nitrogens with one attached hydrogen (secondary N) is 2. The van der Waals surface area contributed by atoms with Crippen molar-refractivity contribution < 1.29 is 9.13 Å². The van der Waals surface area contributed by atoms with E-state index >= 15 is 0 Å². The number of ether oxygens (including phenoxy) is 1. The zero-order chi connectivity index (χ0) is 18.1. The van der Waals surface area contributed by atoms with Crippen LogP contribution in [0.1, 0.15) is 10.4 Å². The molecule has 0 saturated carbocycles. The summed E-state index contributed by atoms with van der Waals surface area (Å²) in [5, 5.41) is 6.51. The molecule has 5 heteroatoms. The quantitative estimate of drug-likeness (QED) is 0.457. The number of H-pyrrole nitrogens is 1. The molecule has 0 bridgehead atoms. The third-order valence-electron chi connectivity index (χ3n) is 4.44. The van der Waals surface area contributed by atoms with Gasteiger partial charge in [0.25, 0.3) is 0 Å². The van der Waals surface area contributed by atoms with Crippen LogP contribution in [0, 0.1) is 12.7 Å². The molecular weight excluding hydrogens is 347 g/mol. The van der Waals surface area contributed by atoms with Gasteiger partial charge in [-0.25, -0.2) is 4.39 Å². The van der Waals surface area contributed by atoms with Crippen LogP contribution in [-0.2, 0) is 6.54 Å². The molecule has 2 heterocycles. The molecule has 0 radical (unpaired) electrons. The minimum Gasteiger partial charge on any atom is -0.495 e. The van der Waals surface area contributed by atoms with Crippen LogP contribution in [0.3, 0.4) is 0 Å². The van der Waals surface area contributed by atoms with Crippen LogP contribution in [0.25, 0.3) is 22.2 Å². The van der Waals surface area contributed by atoms with Gasteiger partial charge in [-0.15, -0.1) is 11.3 Å². The first kappa shape index (κ1) is 16.7. The van der Waals surface area contributed by atoms with Crippen molar-refractivity contribution in [1.29, 1.82) is 0 Å². The highest BCUT2D eigenvalue weighted by Crippen LogP contribution is 2.32. The molecule has 2 aromatic carbocycles. The van der Waals surface area contributed by atoms with Crippen LogP contribution in [0.2, 0.25) is 0 Å². The van der Waals surface area contributed by atoms with E-state index in [9.17, 15) is 4.39 Å². The van der Waals surface area contributed by atoms with Crippen molar-refractivity contribution in [1.82, 2.24) is 4.98 Å². The first-order valence-corrected chi connectivity index (χ1v) is 9.25. The van der Waals surface area contributed by atoms with Crippen LogP contribution < -0.4 is 10.1 Å². The predicted octanol–water partition coefficient (Wildman–Crippen LogP) is 5.96. The number of aromatic amines is 1. The fraction of sp³-hybridized carbons (Fsp3) is 0.143. The monoisotopic (exact) mass is 366 g/mol. The molecule has 0 aliphatic carbocycles. The maximum absolute atomic E-state index is 13.8. The van der Waals surface area contributed by atoms with Gasteiger partial charge in [0.2, 0.25) is 0 Å². The summed E-state index contributed by atoms with van der Waals surface area (Å²) in [5.41, 5.74) is 4.35. The number of aromatic nitrogens is 1. The molecule has 0 fully saturated rings. The fourth-order valence-corrected chi connectivity index (χ4v) is 3.68. The summed E-state index contributed by atoms with van der Waals surface area (Å²) in [6.45, 7) is 2.52. The lowest BCUT2D eigenvalue weighted by molar-refractivity contribution is 0.416. The van der Waals surface area contributed by atoms with Gasteiger partial charge >= 0.3 is 0 Å². The number of hydrogen-bond acceptors (Lipinski definition) is 3. The third-order valence-corrected chi connectivity index (χ3v) is 5.32. The molecule has 26 heavy (non-hydrogen) atoms. The first-order valence-electron chi connectivity index (χ1n) is 8.37. The largest absolute Gasteiger partial charge is 0.495 e. The van der Waals surface area contributed by atoms with Crippen LogP contribution in [0.5, 0.6) is 5.75 Å². The standard InChI is InChI=1S/C21H19FN2OS/c1-13-8-15-10-18(24-19(15)11-17(13)22)14-5-6-21(25-2)20(9-14)23-12-16-4-3-7-26-16/h3-11,23-24H,12H2,1-2H3. The fourth-order valence-electron chi connectivity index (χ4n) is 3.03. The molecule has 0 spiro atoms. The number of benzene rings is 2. The Bertz CT molecular complexity index is 1010. The van der Waals surface area contributed by atoms with Gasteiger partial charge in [0.05, 0.1) is 12.8 Å². The molecule has 2 aromatic heterocycles. The molecule has 0 aliphatic rings. The molecular formula is C21H19FN2OS. The number of rotatable bonds is 5. The molecule has 3 nitrogen and oxygen atoms in total. The molecule has 4 rings (SSSR count). The summed E-state index contributed by atoms with van der Waals surface area (Å²) in [4.78, 5) is 4.57. The topological polar surface area (TPSA) is 37.0 Å². The van der Waals surface area contributed by atoms with Crippen molar-refractivity contribution in [3.63, 3.8) is 0 Å². The Morgan fingerprint density at radius 1 is 1.15 bits per heavy atom. The van der Waals surface area contributed by atoms with Crippen LogP contribution in [0.4, 0.5) is 10.1 Å². The summed E-state index contributed by atoms with van der Waals surface area (Å²) in [7, 11) is 1.67. The van der Waals surface area contributed by atoms with Gasteiger partial charge in [0.1, 0.15) is 11.6 Å². The maximum atomic E-state index is 13.8. The van der Waals surface area contributed by atoms with Gasteiger partial charge in [0, 0.05) is 33.6 Å². The van der Waals surface area contributed by atoms with E-state index in [-0.39, 0.29) is 5.82 Å². The van der Waals surface area contributed by atoms with Gasteiger partial charge in [-0.2, -0.15) is 0 Å². The smallest absolute Gasteiger partial charge is 0.142 e. The molecule has 4 aromatic rings. The molecule has 0 atom stereocenters. The van der Waals surface area contributed by atoms with E-state index in [1.165, 1.54) is 4.88 Å². The highest BCUT2D eigenvalue weighted by molar-refractivity contribution is 7.09. The van der Waals surface area contributed by atoms with Crippen molar-refractivity contribution in [2.45, 2.75) is 13.5 Å². The Morgan fingerprint density at radius 2 is 2.04 bits per heavy atom. The first-order chi connectivity index (χ1) is 12.6. The Morgan fingerprint density at radius 3 is 2.81 bits per heavy atom. The van der Waals surface area contributed by atoms with Gasteiger partial charge in [-0.1, -0.05) is 6.07 Å². The van der Waals surface area contributed by atoms with Crippen LogP contribution >= 0.6 is 11.3 Å². The highest BCUT2D eigenvalue weighted by Gasteiger charge is 2.10. The summed E-state index contributed by atoms with van der Waals surface area (Å²) < 4.78 is 19.3. The number of aryl methyl sites for hydroxylation is 1. The molecule has 2 N–H and O–H groups in total. The lowest BCUT2D eigenvalue weighted by atomic mass is 10.1. The summed E-state index contributed by atoms with van der Waals surface area (Å²) in [6.07, 6.45) is 0. The van der Waals surface area contributed by atoms with Crippen molar-refractivity contribution in [3.8, 4) is 17.0 Å². The summed E-state index contributed by atoms with van der Waals surface area (Å²) in [6, 6.07) is 15.6. The van der Waals surface area contributed by atoms with Gasteiger partial charge in [0.15, 0.2) is 0 Å². The van der Waals surface area contributed by atoms with E-state index in [2.05, 4.69) is 27.8 Å². The lowest BCUT2D eigenvalue weighted by Gasteiger charge is -2.12. The van der Waals surface area contributed by atoms with E-state index in [1.807, 2.05) is 30.3 Å². The average Bonchev–Trinajstić information content (AvgIpc) is 3.30. The van der Waals surface area contributed by atoms with Crippen molar-refractivity contribution in [2.24, 2.45) is 0 Å². The van der Waals surface area contributed by atoms with Crippen LogP contribution in [0.15, 0.2) is 53.9 Å². The maximum Gasteiger partial charge on any atom is 0.142 e. The Labute approximate surface area is 155 Å². The minimum absolute atomic E-state index is 0.195. The van der Waals surface area contributed by atoms with E-state index in [4.69, 9.17) is 4.74 Å². The number of methoxy groups -OCH3 is 1. The SMILES string of the molecule is COc1ccc(-c2cc3cc(C)c(F)cc3[nH]2)cc1NCc1cccs1. The predicted molar refractivity (Wildman–Crippen MR) is 107 cm³/mol. The normalized spacial score (nSPS) is 11.0. The number of halogens is 1. The zero-order valence-corrected chi connectivity index (χ0v) is 15.4. The van der Waals surface area contributed by atoms with E-state index in [0.29, 0.717) is 5.56 Å². The molecule has 0 saturated heterocycles. The number of hydrogen-bond donors (Lipinski definition) is 2. The second kappa shape index (κ2) is 6.84. The second-order valence-electron chi connectivity index (χ2n) is 6.22. The Balaban J connectivity index is 1.69. The second-order valence-corrected chi connectivity index (χ2v) is 7.25. The Hall–Kier alpha value is -2.79. The lowest BCUT2D eigenvalue weighted by Crippen LogP contribution is -2.00. The average molecular weight is 366 g/mol. The van der Waals surface area contributed by atoms with E-state index in [0.717, 1.165) is 40.1 Å². The third kappa shape index (κ3) is 3.18. The van der Waals surface area contributed by atoms with Gasteiger partial charge < -0.3 is 15.0 Å². The van der Waals surface area contributed by atoms with Gasteiger partial charge in [-0.05, 0) is 60.3 Å². The van der Waals surface area contributed by atoms with Crippen LogP contribution in [-0.4, -0.2) is 12.1 Å². The molecule has 0 amide bonds. The van der Waals surface area contributed by atoms with Crippen molar-refractivity contribution in [2.75, 3.05) is 12.4 Å². The summed E-state index contributed by atoms with van der Waals surface area (Å²) in [5.74, 6) is 0.599. The number of fused-ring (bicyclic) bond motifs is 1. The zero-order valence-electron chi connectivity index (χ0n) is 14.6. The van der Waals surface area contributed by atoms with Gasteiger partial charge in [-0.3, -0.25) is 0 Å². The van der Waals surface area contributed by atoms with Crippen molar-refractivity contribution >= 4 is 27.9 Å². The van der Waals surface area contributed by atoms with E-state index < -0.39 is 0 Å².